The Morgan fingerprint density at radius 1 is 1.31 bits per heavy atom. The molecule has 13 heavy (non-hydrogen) atoms. The molecule has 3 nitrogen and oxygen atoms in total. The van der Waals surface area contributed by atoms with E-state index in [1.165, 1.54) is 0 Å². The summed E-state index contributed by atoms with van der Waals surface area (Å²) < 4.78 is 0. The van der Waals surface area contributed by atoms with Gasteiger partial charge in [0.25, 0.3) is 0 Å². The van der Waals surface area contributed by atoms with Crippen molar-refractivity contribution in [1.82, 2.24) is 10.2 Å². The Morgan fingerprint density at radius 3 is 2.23 bits per heavy atom. The predicted octanol–water partition coefficient (Wildman–Crippen LogP) is 2.23. The maximum absolute atomic E-state index is 11.5. The number of amides is 2. The van der Waals surface area contributed by atoms with E-state index in [4.69, 9.17) is 0 Å². The van der Waals surface area contributed by atoms with Gasteiger partial charge in [-0.25, -0.2) is 4.79 Å². The molecule has 0 bridgehead atoms. The largest absolute Gasteiger partial charge is 0.338 e. The van der Waals surface area contributed by atoms with Crippen molar-refractivity contribution in [2.24, 2.45) is 0 Å². The van der Waals surface area contributed by atoms with Gasteiger partial charge in [0.15, 0.2) is 0 Å². The quantitative estimate of drug-likeness (QED) is 0.701. The minimum absolute atomic E-state index is 0.0514. The molecule has 0 aromatic carbocycles. The highest BCUT2D eigenvalue weighted by Crippen LogP contribution is 2.05. The van der Waals surface area contributed by atoms with Crippen molar-refractivity contribution in [2.45, 2.75) is 46.1 Å². The van der Waals surface area contributed by atoms with Crippen molar-refractivity contribution < 1.29 is 4.79 Å². The lowest BCUT2D eigenvalue weighted by Gasteiger charge is -2.26. The van der Waals surface area contributed by atoms with Gasteiger partial charge < -0.3 is 10.2 Å². The zero-order chi connectivity index (χ0) is 10.3. The van der Waals surface area contributed by atoms with Gasteiger partial charge in [-0.05, 0) is 19.3 Å². The number of nitrogens with one attached hydrogen (secondary N) is 1. The van der Waals surface area contributed by atoms with Crippen LogP contribution in [0.25, 0.3) is 0 Å². The second kappa shape index (κ2) is 6.75. The third-order valence-electron chi connectivity index (χ3n) is 2.34. The fourth-order valence-electron chi connectivity index (χ4n) is 1.36. The van der Waals surface area contributed by atoms with Crippen LogP contribution in [0.15, 0.2) is 0 Å². The highest BCUT2D eigenvalue weighted by Gasteiger charge is 2.15. The molecule has 0 saturated heterocycles. The predicted molar refractivity (Wildman–Crippen MR) is 55.8 cm³/mol. The van der Waals surface area contributed by atoms with E-state index in [0.717, 1.165) is 25.8 Å². The average Bonchev–Trinajstić information content (AvgIpc) is 2.15. The molecular weight excluding hydrogens is 164 g/mol. The summed E-state index contributed by atoms with van der Waals surface area (Å²) in [6.45, 7) is 7.04. The number of urea groups is 1. The van der Waals surface area contributed by atoms with Crippen LogP contribution in [0.4, 0.5) is 4.79 Å². The van der Waals surface area contributed by atoms with Crippen LogP contribution >= 0.6 is 0 Å². The van der Waals surface area contributed by atoms with E-state index in [9.17, 15) is 4.79 Å². The van der Waals surface area contributed by atoms with Crippen molar-refractivity contribution in [3.05, 3.63) is 0 Å². The van der Waals surface area contributed by atoms with Gasteiger partial charge in [0, 0.05) is 19.6 Å². The van der Waals surface area contributed by atoms with Gasteiger partial charge in [0.1, 0.15) is 0 Å². The Kier molecular flexibility index (Phi) is 6.37. The van der Waals surface area contributed by atoms with Gasteiger partial charge in [0.05, 0.1) is 0 Å². The van der Waals surface area contributed by atoms with Crippen molar-refractivity contribution in [3.8, 4) is 0 Å². The summed E-state index contributed by atoms with van der Waals surface area (Å²) >= 11 is 0. The molecule has 2 amide bonds. The molecule has 0 aliphatic heterocycles. The molecule has 0 aromatic rings. The molecule has 0 heterocycles. The summed E-state index contributed by atoms with van der Waals surface area (Å²) in [6, 6.07) is 0.424. The summed E-state index contributed by atoms with van der Waals surface area (Å²) in [7, 11) is 1.86. The minimum Gasteiger partial charge on any atom is -0.338 e. The molecule has 0 atom stereocenters. The number of nitrogens with zero attached hydrogens (tertiary/aromatic N) is 1. The van der Waals surface area contributed by atoms with Gasteiger partial charge in [-0.3, -0.25) is 0 Å². The Morgan fingerprint density at radius 2 is 1.85 bits per heavy atom. The number of carbonyl (C=O) groups excluding carboxylic acids is 1. The Labute approximate surface area is 81.5 Å². The van der Waals surface area contributed by atoms with Gasteiger partial charge in [0.2, 0.25) is 0 Å². The Bertz CT molecular complexity index is 144. The summed E-state index contributed by atoms with van der Waals surface area (Å²) in [5.74, 6) is 0. The van der Waals surface area contributed by atoms with Gasteiger partial charge >= 0.3 is 6.03 Å². The van der Waals surface area contributed by atoms with E-state index in [0.29, 0.717) is 6.04 Å². The van der Waals surface area contributed by atoms with Crippen molar-refractivity contribution >= 4 is 6.03 Å². The highest BCUT2D eigenvalue weighted by atomic mass is 16.2. The lowest BCUT2D eigenvalue weighted by molar-refractivity contribution is 0.186. The third-order valence-corrected chi connectivity index (χ3v) is 2.34. The molecule has 0 saturated carbocycles. The van der Waals surface area contributed by atoms with Crippen LogP contribution in [-0.4, -0.2) is 30.6 Å². The van der Waals surface area contributed by atoms with Gasteiger partial charge in [-0.1, -0.05) is 20.8 Å². The first kappa shape index (κ1) is 12.3. The Balaban J connectivity index is 3.91. The van der Waals surface area contributed by atoms with E-state index in [1.54, 1.807) is 4.90 Å². The van der Waals surface area contributed by atoms with Crippen LogP contribution in [0.1, 0.15) is 40.0 Å². The number of hydrogen-bond donors (Lipinski definition) is 1. The number of hydrogen-bond acceptors (Lipinski definition) is 1. The number of carbonyl (C=O) groups is 1. The van der Waals surface area contributed by atoms with Crippen molar-refractivity contribution in [1.29, 1.82) is 0 Å². The summed E-state index contributed by atoms with van der Waals surface area (Å²) in [6.07, 6.45) is 3.03. The maximum Gasteiger partial charge on any atom is 0.317 e. The second-order valence-electron chi connectivity index (χ2n) is 3.31. The molecule has 0 aromatic heterocycles. The van der Waals surface area contributed by atoms with Gasteiger partial charge in [-0.15, -0.1) is 0 Å². The second-order valence-corrected chi connectivity index (χ2v) is 3.31. The fourth-order valence-corrected chi connectivity index (χ4v) is 1.36. The third kappa shape index (κ3) is 4.15. The molecular formula is C10H22N2O. The van der Waals surface area contributed by atoms with Crippen LogP contribution in [0.3, 0.4) is 0 Å². The normalized spacial score (nSPS) is 10.2. The fraction of sp³-hybridized carbons (Fsp3) is 0.900. The first-order chi connectivity index (χ1) is 6.17. The molecule has 1 N–H and O–H groups in total. The Hall–Kier alpha value is -0.730. The van der Waals surface area contributed by atoms with E-state index >= 15 is 0 Å². The van der Waals surface area contributed by atoms with Crippen molar-refractivity contribution in [2.75, 3.05) is 13.6 Å². The van der Waals surface area contributed by atoms with E-state index < -0.39 is 0 Å². The topological polar surface area (TPSA) is 32.3 Å². The first-order valence-corrected chi connectivity index (χ1v) is 5.17. The SMILES string of the molecule is CCCNC(=O)N(C)C(CC)CC. The molecule has 0 spiro atoms. The van der Waals surface area contributed by atoms with Crippen LogP contribution in [0.5, 0.6) is 0 Å². The molecule has 0 aliphatic rings. The van der Waals surface area contributed by atoms with Crippen molar-refractivity contribution in [3.63, 3.8) is 0 Å². The monoisotopic (exact) mass is 186 g/mol. The molecule has 3 heteroatoms. The average molecular weight is 186 g/mol. The molecule has 0 radical (unpaired) electrons. The zero-order valence-corrected chi connectivity index (χ0v) is 9.26. The van der Waals surface area contributed by atoms with Crippen LogP contribution in [-0.2, 0) is 0 Å². The lowest BCUT2D eigenvalue weighted by atomic mass is 10.1. The van der Waals surface area contributed by atoms with Gasteiger partial charge in [-0.2, -0.15) is 0 Å². The molecule has 0 fully saturated rings. The minimum atomic E-state index is 0.0514. The maximum atomic E-state index is 11.5. The van der Waals surface area contributed by atoms with E-state index in [2.05, 4.69) is 26.1 Å². The summed E-state index contributed by atoms with van der Waals surface area (Å²) in [5, 5.41) is 2.87. The lowest BCUT2D eigenvalue weighted by Crippen LogP contribution is -2.43. The summed E-state index contributed by atoms with van der Waals surface area (Å²) in [4.78, 5) is 13.3. The molecule has 78 valence electrons. The standard InChI is InChI=1S/C10H22N2O/c1-5-8-11-10(13)12(4)9(6-2)7-3/h9H,5-8H2,1-4H3,(H,11,13). The summed E-state index contributed by atoms with van der Waals surface area (Å²) in [5.41, 5.74) is 0. The zero-order valence-electron chi connectivity index (χ0n) is 9.26. The molecule has 0 unspecified atom stereocenters. The molecule has 0 rings (SSSR count). The smallest absolute Gasteiger partial charge is 0.317 e. The first-order valence-electron chi connectivity index (χ1n) is 5.17. The van der Waals surface area contributed by atoms with Crippen LogP contribution in [0.2, 0.25) is 0 Å². The van der Waals surface area contributed by atoms with E-state index in [1.807, 2.05) is 7.05 Å². The van der Waals surface area contributed by atoms with Crippen LogP contribution in [0, 0.1) is 0 Å². The molecule has 0 aliphatic carbocycles. The highest BCUT2D eigenvalue weighted by molar-refractivity contribution is 5.74. The van der Waals surface area contributed by atoms with Crippen LogP contribution < -0.4 is 5.32 Å². The number of rotatable bonds is 5. The van der Waals surface area contributed by atoms with E-state index in [-0.39, 0.29) is 6.03 Å².